The van der Waals surface area contributed by atoms with Gasteiger partial charge in [0.2, 0.25) is 0 Å². The van der Waals surface area contributed by atoms with Crippen molar-refractivity contribution in [2.45, 2.75) is 39.3 Å². The summed E-state index contributed by atoms with van der Waals surface area (Å²) in [5, 5.41) is 7.89. The highest BCUT2D eigenvalue weighted by Gasteiger charge is 2.30. The van der Waals surface area contributed by atoms with E-state index >= 15 is 0 Å². The molecule has 0 spiro atoms. The third-order valence-electron chi connectivity index (χ3n) is 4.50. The van der Waals surface area contributed by atoms with Crippen LogP contribution in [-0.2, 0) is 11.8 Å². The first kappa shape index (κ1) is 15.3. The van der Waals surface area contributed by atoms with Crippen LogP contribution in [0.2, 0.25) is 0 Å². The van der Waals surface area contributed by atoms with Crippen molar-refractivity contribution in [1.82, 2.24) is 15.1 Å². The zero-order valence-corrected chi connectivity index (χ0v) is 13.8. The van der Waals surface area contributed by atoms with Crippen molar-refractivity contribution in [1.29, 1.82) is 0 Å². The summed E-state index contributed by atoms with van der Waals surface area (Å²) in [4.78, 5) is 0. The van der Waals surface area contributed by atoms with Crippen LogP contribution >= 0.6 is 0 Å². The molecule has 0 amide bonds. The van der Waals surface area contributed by atoms with E-state index in [9.17, 15) is 0 Å². The predicted molar refractivity (Wildman–Crippen MR) is 84.6 cm³/mol. The highest BCUT2D eigenvalue weighted by molar-refractivity contribution is 5.23. The lowest BCUT2D eigenvalue weighted by molar-refractivity contribution is 0.0899. The first-order valence-corrected chi connectivity index (χ1v) is 7.95. The molecular formula is C17H25N3O2. The highest BCUT2D eigenvalue weighted by atomic mass is 16.5. The minimum Gasteiger partial charge on any atom is -0.466 e. The SMILES string of the molecule is Cc1cc(C(C)NC[C@@H]2CCO[C@H]2c2cnn(C)c2)c(C)o1. The fourth-order valence-electron chi connectivity index (χ4n) is 3.32. The van der Waals surface area contributed by atoms with Gasteiger partial charge in [0.05, 0.1) is 12.3 Å². The molecule has 0 radical (unpaired) electrons. The van der Waals surface area contributed by atoms with Crippen LogP contribution in [0.25, 0.3) is 0 Å². The molecule has 0 aliphatic carbocycles. The average Bonchev–Trinajstić information content (AvgIpc) is 3.16. The van der Waals surface area contributed by atoms with Crippen molar-refractivity contribution in [3.63, 3.8) is 0 Å². The largest absolute Gasteiger partial charge is 0.466 e. The van der Waals surface area contributed by atoms with Crippen LogP contribution in [-0.4, -0.2) is 22.9 Å². The maximum atomic E-state index is 5.92. The van der Waals surface area contributed by atoms with Gasteiger partial charge in [-0.3, -0.25) is 4.68 Å². The Kier molecular flexibility index (Phi) is 4.36. The Morgan fingerprint density at radius 1 is 1.45 bits per heavy atom. The van der Waals surface area contributed by atoms with Gasteiger partial charge >= 0.3 is 0 Å². The fourth-order valence-corrected chi connectivity index (χ4v) is 3.32. The molecule has 3 heterocycles. The van der Waals surface area contributed by atoms with E-state index in [1.807, 2.05) is 31.8 Å². The zero-order chi connectivity index (χ0) is 15.7. The lowest BCUT2D eigenvalue weighted by atomic mass is 9.96. The smallest absolute Gasteiger partial charge is 0.105 e. The number of furan rings is 1. The number of nitrogens with zero attached hydrogens (tertiary/aromatic N) is 2. The van der Waals surface area contributed by atoms with Gasteiger partial charge in [0.15, 0.2) is 0 Å². The average molecular weight is 303 g/mol. The van der Waals surface area contributed by atoms with Crippen molar-refractivity contribution in [3.05, 3.63) is 41.1 Å². The summed E-state index contributed by atoms with van der Waals surface area (Å²) in [6.07, 6.45) is 5.20. The van der Waals surface area contributed by atoms with E-state index in [-0.39, 0.29) is 12.1 Å². The molecular weight excluding hydrogens is 278 g/mol. The van der Waals surface area contributed by atoms with Crippen molar-refractivity contribution < 1.29 is 9.15 Å². The van der Waals surface area contributed by atoms with Crippen molar-refractivity contribution >= 4 is 0 Å². The van der Waals surface area contributed by atoms with E-state index in [0.717, 1.165) is 31.1 Å². The van der Waals surface area contributed by atoms with Crippen molar-refractivity contribution in [2.75, 3.05) is 13.2 Å². The summed E-state index contributed by atoms with van der Waals surface area (Å²) in [5.74, 6) is 2.46. The molecule has 1 unspecified atom stereocenters. The molecule has 2 aromatic heterocycles. The lowest BCUT2D eigenvalue weighted by Crippen LogP contribution is -2.27. The maximum absolute atomic E-state index is 5.92. The van der Waals surface area contributed by atoms with E-state index in [4.69, 9.17) is 9.15 Å². The van der Waals surface area contributed by atoms with Crippen LogP contribution in [0, 0.1) is 19.8 Å². The summed E-state index contributed by atoms with van der Waals surface area (Å²) in [6.45, 7) is 7.96. The maximum Gasteiger partial charge on any atom is 0.105 e. The molecule has 5 heteroatoms. The number of hydrogen-bond acceptors (Lipinski definition) is 4. The summed E-state index contributed by atoms with van der Waals surface area (Å²) in [6, 6.07) is 2.41. The van der Waals surface area contributed by atoms with Gasteiger partial charge in [-0.05, 0) is 33.3 Å². The normalized spacial score (nSPS) is 23.1. The Labute approximate surface area is 131 Å². The van der Waals surface area contributed by atoms with Gasteiger partial charge in [0.25, 0.3) is 0 Å². The molecule has 0 saturated carbocycles. The van der Waals surface area contributed by atoms with Gasteiger partial charge in [-0.15, -0.1) is 0 Å². The Balaban J connectivity index is 1.61. The second-order valence-corrected chi connectivity index (χ2v) is 6.29. The van der Waals surface area contributed by atoms with Crippen LogP contribution in [0.3, 0.4) is 0 Å². The van der Waals surface area contributed by atoms with E-state index in [0.29, 0.717) is 5.92 Å². The summed E-state index contributed by atoms with van der Waals surface area (Å²) in [7, 11) is 1.94. The van der Waals surface area contributed by atoms with Crippen LogP contribution in [0.5, 0.6) is 0 Å². The molecule has 2 aromatic rings. The third kappa shape index (κ3) is 3.10. The van der Waals surface area contributed by atoms with E-state index in [1.165, 1.54) is 11.1 Å². The molecule has 22 heavy (non-hydrogen) atoms. The Bertz CT molecular complexity index is 632. The van der Waals surface area contributed by atoms with Crippen molar-refractivity contribution in [3.8, 4) is 0 Å². The van der Waals surface area contributed by atoms with Gasteiger partial charge in [-0.1, -0.05) is 0 Å². The Morgan fingerprint density at radius 3 is 2.91 bits per heavy atom. The van der Waals surface area contributed by atoms with Gasteiger partial charge in [0.1, 0.15) is 11.5 Å². The number of ether oxygens (including phenoxy) is 1. The van der Waals surface area contributed by atoms with Gasteiger partial charge < -0.3 is 14.5 Å². The Hall–Kier alpha value is -1.59. The monoisotopic (exact) mass is 303 g/mol. The number of rotatable bonds is 5. The van der Waals surface area contributed by atoms with Crippen molar-refractivity contribution in [2.24, 2.45) is 13.0 Å². The van der Waals surface area contributed by atoms with Gasteiger partial charge in [-0.2, -0.15) is 5.10 Å². The molecule has 1 N–H and O–H groups in total. The molecule has 3 atom stereocenters. The molecule has 5 nitrogen and oxygen atoms in total. The first-order valence-electron chi connectivity index (χ1n) is 7.95. The second-order valence-electron chi connectivity index (χ2n) is 6.29. The number of aryl methyl sites for hydroxylation is 3. The molecule has 3 rings (SSSR count). The molecule has 1 aliphatic heterocycles. The fraction of sp³-hybridized carbons (Fsp3) is 0.588. The first-order chi connectivity index (χ1) is 10.5. The van der Waals surface area contributed by atoms with E-state index in [2.05, 4.69) is 29.6 Å². The Morgan fingerprint density at radius 2 is 2.27 bits per heavy atom. The lowest BCUT2D eigenvalue weighted by Gasteiger charge is -2.20. The highest BCUT2D eigenvalue weighted by Crippen LogP contribution is 2.34. The molecule has 0 aromatic carbocycles. The zero-order valence-electron chi connectivity index (χ0n) is 13.8. The topological polar surface area (TPSA) is 52.2 Å². The minimum absolute atomic E-state index is 0.153. The number of nitrogens with one attached hydrogen (secondary N) is 1. The summed E-state index contributed by atoms with van der Waals surface area (Å²) < 4.78 is 13.4. The summed E-state index contributed by atoms with van der Waals surface area (Å²) >= 11 is 0. The van der Waals surface area contributed by atoms with Gasteiger partial charge in [-0.25, -0.2) is 0 Å². The molecule has 1 fully saturated rings. The van der Waals surface area contributed by atoms with Crippen LogP contribution < -0.4 is 5.32 Å². The van der Waals surface area contributed by atoms with E-state index in [1.54, 1.807) is 0 Å². The third-order valence-corrected chi connectivity index (χ3v) is 4.50. The molecule has 120 valence electrons. The minimum atomic E-state index is 0.153. The van der Waals surface area contributed by atoms with Crippen LogP contribution in [0.15, 0.2) is 22.9 Å². The van der Waals surface area contributed by atoms with E-state index < -0.39 is 0 Å². The van der Waals surface area contributed by atoms with Crippen LogP contribution in [0.1, 0.15) is 48.1 Å². The quantitative estimate of drug-likeness (QED) is 0.922. The summed E-state index contributed by atoms with van der Waals surface area (Å²) in [5.41, 5.74) is 2.42. The standard InChI is InChI=1S/C17H25N3O2/c1-11-7-16(13(3)22-11)12(2)18-8-14-5-6-21-17(14)15-9-19-20(4)10-15/h7,9-10,12,14,17-18H,5-6,8H2,1-4H3/t12?,14-,17+/m0/s1. The second kappa shape index (κ2) is 6.26. The van der Waals surface area contributed by atoms with Gasteiger partial charge in [0, 0.05) is 49.5 Å². The molecule has 1 saturated heterocycles. The number of hydrogen-bond donors (Lipinski definition) is 1. The molecule has 0 bridgehead atoms. The number of aromatic nitrogens is 2. The van der Waals surface area contributed by atoms with Crippen LogP contribution in [0.4, 0.5) is 0 Å². The molecule has 1 aliphatic rings. The predicted octanol–water partition coefficient (Wildman–Crippen LogP) is 3.06.